The molecule has 0 aliphatic carbocycles. The number of nitriles is 1. The monoisotopic (exact) mass is 319 g/mol. The standard InChI is InChI=1S/C15H17N3O5/c1-4-17(5-2)15(20)11(9-16)6-10-7-14(23-3)13(19)8-12(10)18(21)22/h6-8,19H,4-5H2,1-3H3/b11-6+. The number of carbonyl (C=O) groups excluding carboxylic acids is 1. The molecule has 0 atom stereocenters. The third kappa shape index (κ3) is 3.97. The van der Waals surface area contributed by atoms with Crippen molar-refractivity contribution in [2.24, 2.45) is 0 Å². The molecule has 0 unspecified atom stereocenters. The molecule has 0 radical (unpaired) electrons. The van der Waals surface area contributed by atoms with E-state index in [-0.39, 0.29) is 16.9 Å². The molecule has 8 heteroatoms. The van der Waals surface area contributed by atoms with Gasteiger partial charge in [-0.1, -0.05) is 0 Å². The first kappa shape index (κ1) is 18.0. The minimum Gasteiger partial charge on any atom is -0.504 e. The second-order valence-corrected chi connectivity index (χ2v) is 4.49. The molecule has 1 N–H and O–H groups in total. The van der Waals surface area contributed by atoms with Crippen molar-refractivity contribution < 1.29 is 19.6 Å². The van der Waals surface area contributed by atoms with Crippen LogP contribution in [-0.4, -0.2) is 41.0 Å². The van der Waals surface area contributed by atoms with Crippen molar-refractivity contribution in [3.8, 4) is 17.6 Å². The number of hydrogen-bond acceptors (Lipinski definition) is 6. The molecule has 1 amide bonds. The predicted octanol–water partition coefficient (Wildman–Crippen LogP) is 2.08. The van der Waals surface area contributed by atoms with Gasteiger partial charge >= 0.3 is 0 Å². The molecule has 122 valence electrons. The molecule has 8 nitrogen and oxygen atoms in total. The Balaban J connectivity index is 3.46. The Hall–Kier alpha value is -3.08. The molecule has 0 heterocycles. The third-order valence-electron chi connectivity index (χ3n) is 3.23. The van der Waals surface area contributed by atoms with E-state index in [0.29, 0.717) is 13.1 Å². The molecule has 1 rings (SSSR count). The van der Waals surface area contributed by atoms with Crippen molar-refractivity contribution in [1.29, 1.82) is 5.26 Å². The summed E-state index contributed by atoms with van der Waals surface area (Å²) in [5.41, 5.74) is -0.658. The van der Waals surface area contributed by atoms with Crippen LogP contribution in [0.1, 0.15) is 19.4 Å². The van der Waals surface area contributed by atoms with E-state index in [4.69, 9.17) is 4.74 Å². The fraction of sp³-hybridized carbons (Fsp3) is 0.333. The zero-order valence-electron chi connectivity index (χ0n) is 13.1. The van der Waals surface area contributed by atoms with Crippen molar-refractivity contribution in [2.45, 2.75) is 13.8 Å². The Kier molecular flexibility index (Phi) is 6.09. The molecule has 0 spiro atoms. The number of rotatable bonds is 6. The van der Waals surface area contributed by atoms with E-state index in [9.17, 15) is 25.3 Å². The average molecular weight is 319 g/mol. The lowest BCUT2D eigenvalue weighted by Crippen LogP contribution is -2.31. The summed E-state index contributed by atoms with van der Waals surface area (Å²) in [6, 6.07) is 3.89. The lowest BCUT2D eigenvalue weighted by atomic mass is 10.1. The maximum absolute atomic E-state index is 12.2. The molecule has 0 saturated heterocycles. The van der Waals surface area contributed by atoms with Crippen LogP contribution in [0.25, 0.3) is 6.08 Å². The van der Waals surface area contributed by atoms with Crippen molar-refractivity contribution in [1.82, 2.24) is 4.90 Å². The van der Waals surface area contributed by atoms with Gasteiger partial charge in [0, 0.05) is 13.1 Å². The lowest BCUT2D eigenvalue weighted by molar-refractivity contribution is -0.385. The van der Waals surface area contributed by atoms with Gasteiger partial charge in [0.15, 0.2) is 11.5 Å². The van der Waals surface area contributed by atoms with E-state index in [1.54, 1.807) is 19.9 Å². The van der Waals surface area contributed by atoms with E-state index < -0.39 is 22.3 Å². The van der Waals surface area contributed by atoms with Crippen LogP contribution in [0.5, 0.6) is 11.5 Å². The van der Waals surface area contributed by atoms with Crippen LogP contribution in [0.3, 0.4) is 0 Å². The Bertz CT molecular complexity index is 687. The molecule has 1 aromatic carbocycles. The molecule has 0 aliphatic heterocycles. The van der Waals surface area contributed by atoms with Gasteiger partial charge < -0.3 is 14.7 Å². The van der Waals surface area contributed by atoms with Gasteiger partial charge in [-0.25, -0.2) is 0 Å². The number of methoxy groups -OCH3 is 1. The molecule has 0 bridgehead atoms. The number of aromatic hydroxyl groups is 1. The Morgan fingerprint density at radius 1 is 1.48 bits per heavy atom. The van der Waals surface area contributed by atoms with Crippen LogP contribution in [0.4, 0.5) is 5.69 Å². The maximum Gasteiger partial charge on any atom is 0.280 e. The SMILES string of the molecule is CCN(CC)C(=O)/C(C#N)=C/c1cc(OC)c(O)cc1[N+](=O)[O-]. The quantitative estimate of drug-likeness (QED) is 0.371. The number of hydrogen-bond donors (Lipinski definition) is 1. The first-order valence-electron chi connectivity index (χ1n) is 6.85. The Morgan fingerprint density at radius 3 is 2.52 bits per heavy atom. The minimum absolute atomic E-state index is 0.00158. The summed E-state index contributed by atoms with van der Waals surface area (Å²) in [6.45, 7) is 4.36. The molecule has 0 aliphatic rings. The van der Waals surface area contributed by atoms with Crippen molar-refractivity contribution in [3.63, 3.8) is 0 Å². The number of ether oxygens (including phenoxy) is 1. The summed E-state index contributed by atoms with van der Waals surface area (Å²) in [7, 11) is 1.29. The zero-order chi connectivity index (χ0) is 17.6. The summed E-state index contributed by atoms with van der Waals surface area (Å²) in [5.74, 6) is -0.904. The van der Waals surface area contributed by atoms with Gasteiger partial charge in [-0.2, -0.15) is 5.26 Å². The van der Waals surface area contributed by atoms with Crippen LogP contribution in [-0.2, 0) is 4.79 Å². The second kappa shape index (κ2) is 7.79. The van der Waals surface area contributed by atoms with Crippen molar-refractivity contribution in [2.75, 3.05) is 20.2 Å². The van der Waals surface area contributed by atoms with E-state index in [0.717, 1.165) is 12.1 Å². The highest BCUT2D eigenvalue weighted by atomic mass is 16.6. The van der Waals surface area contributed by atoms with Crippen molar-refractivity contribution in [3.05, 3.63) is 33.4 Å². The van der Waals surface area contributed by atoms with E-state index in [2.05, 4.69) is 0 Å². The van der Waals surface area contributed by atoms with E-state index in [1.165, 1.54) is 18.1 Å². The molecule has 0 aromatic heterocycles. The van der Waals surface area contributed by atoms with Gasteiger partial charge in [0.2, 0.25) is 0 Å². The molecule has 0 fully saturated rings. The van der Waals surface area contributed by atoms with Gasteiger partial charge in [0.05, 0.1) is 23.7 Å². The number of likely N-dealkylation sites (N-methyl/N-ethyl adjacent to an activating group) is 1. The summed E-state index contributed by atoms with van der Waals surface area (Å²) in [6.07, 6.45) is 1.13. The number of nitrogens with zero attached hydrogens (tertiary/aromatic N) is 3. The summed E-state index contributed by atoms with van der Waals surface area (Å²) in [4.78, 5) is 24.1. The molecular formula is C15H17N3O5. The first-order valence-corrected chi connectivity index (χ1v) is 6.85. The largest absolute Gasteiger partial charge is 0.504 e. The van der Waals surface area contributed by atoms with Crippen molar-refractivity contribution >= 4 is 17.7 Å². The number of carbonyl (C=O) groups is 1. The minimum atomic E-state index is -0.706. The van der Waals surface area contributed by atoms with Gasteiger partial charge in [0.1, 0.15) is 11.6 Å². The topological polar surface area (TPSA) is 117 Å². The normalized spacial score (nSPS) is 10.8. The van der Waals surface area contributed by atoms with Crippen LogP contribution in [0.15, 0.2) is 17.7 Å². The number of nitro groups is 1. The predicted molar refractivity (Wildman–Crippen MR) is 82.8 cm³/mol. The number of phenols is 1. The Labute approximate surface area is 133 Å². The fourth-order valence-electron chi connectivity index (χ4n) is 1.99. The zero-order valence-corrected chi connectivity index (χ0v) is 13.1. The number of amides is 1. The fourth-order valence-corrected chi connectivity index (χ4v) is 1.99. The van der Waals surface area contributed by atoms with Gasteiger partial charge in [-0.05, 0) is 26.0 Å². The molecular weight excluding hydrogens is 302 g/mol. The highest BCUT2D eigenvalue weighted by molar-refractivity contribution is 6.02. The summed E-state index contributed by atoms with van der Waals surface area (Å²) in [5, 5.41) is 29.9. The van der Waals surface area contributed by atoms with Gasteiger partial charge in [0.25, 0.3) is 11.6 Å². The lowest BCUT2D eigenvalue weighted by Gasteiger charge is -2.17. The summed E-state index contributed by atoms with van der Waals surface area (Å²) < 4.78 is 4.91. The third-order valence-corrected chi connectivity index (χ3v) is 3.23. The van der Waals surface area contributed by atoms with Gasteiger partial charge in [-0.3, -0.25) is 14.9 Å². The summed E-state index contributed by atoms with van der Waals surface area (Å²) >= 11 is 0. The highest BCUT2D eigenvalue weighted by Crippen LogP contribution is 2.34. The first-order chi connectivity index (χ1) is 10.9. The second-order valence-electron chi connectivity index (χ2n) is 4.49. The van der Waals surface area contributed by atoms with E-state index in [1.807, 2.05) is 0 Å². The number of benzene rings is 1. The maximum atomic E-state index is 12.2. The van der Waals surface area contributed by atoms with Crippen LogP contribution in [0.2, 0.25) is 0 Å². The smallest absolute Gasteiger partial charge is 0.280 e. The molecule has 23 heavy (non-hydrogen) atoms. The number of nitro benzene ring substituents is 1. The molecule has 1 aromatic rings. The molecule has 0 saturated carbocycles. The van der Waals surface area contributed by atoms with Crippen LogP contribution < -0.4 is 4.74 Å². The Morgan fingerprint density at radius 2 is 2.09 bits per heavy atom. The van der Waals surface area contributed by atoms with Crippen LogP contribution >= 0.6 is 0 Å². The van der Waals surface area contributed by atoms with E-state index >= 15 is 0 Å². The highest BCUT2D eigenvalue weighted by Gasteiger charge is 2.21. The number of phenolic OH excluding ortho intramolecular Hbond substituents is 1. The van der Waals surface area contributed by atoms with Crippen LogP contribution in [0, 0.1) is 21.4 Å². The van der Waals surface area contributed by atoms with Gasteiger partial charge in [-0.15, -0.1) is 0 Å². The average Bonchev–Trinajstić information content (AvgIpc) is 2.54.